The van der Waals surface area contributed by atoms with Gasteiger partial charge >= 0.3 is 0 Å². The zero-order valence-electron chi connectivity index (χ0n) is 24.2. The van der Waals surface area contributed by atoms with Gasteiger partial charge in [0.15, 0.2) is 0 Å². The van der Waals surface area contributed by atoms with Crippen LogP contribution in [0.2, 0.25) is 0 Å². The second-order valence-electron chi connectivity index (χ2n) is 11.5. The largest absolute Gasteiger partial charge is 0.396 e. The van der Waals surface area contributed by atoms with Crippen LogP contribution in [-0.4, -0.2) is 132 Å². The minimum atomic E-state index is -0.999. The number of rotatable bonds is 16. The number of unbranched alkanes of at least 4 members (excludes halogenated alkanes) is 2. The van der Waals surface area contributed by atoms with Crippen molar-refractivity contribution in [2.24, 2.45) is 11.8 Å². The fourth-order valence-electron chi connectivity index (χ4n) is 7.16. The molecular formula is C30H48N4O6. The topological polar surface area (TPSA) is 103 Å². The third-order valence-electron chi connectivity index (χ3n) is 8.98. The quantitative estimate of drug-likeness (QED) is 0.224. The van der Waals surface area contributed by atoms with Gasteiger partial charge in [0.25, 0.3) is 0 Å². The van der Waals surface area contributed by atoms with Crippen LogP contribution in [0.25, 0.3) is 0 Å². The highest BCUT2D eigenvalue weighted by atomic mass is 16.5. The van der Waals surface area contributed by atoms with Crippen LogP contribution >= 0.6 is 0 Å². The van der Waals surface area contributed by atoms with E-state index < -0.39 is 23.5 Å². The Morgan fingerprint density at radius 2 is 1.75 bits per heavy atom. The van der Waals surface area contributed by atoms with Crippen molar-refractivity contribution < 1.29 is 29.0 Å². The molecule has 40 heavy (non-hydrogen) atoms. The van der Waals surface area contributed by atoms with Crippen molar-refractivity contribution in [1.29, 1.82) is 0 Å². The summed E-state index contributed by atoms with van der Waals surface area (Å²) in [6, 6.07) is -0.773. The molecule has 5 atom stereocenters. The number of aliphatic hydroxyl groups is 1. The van der Waals surface area contributed by atoms with Crippen molar-refractivity contribution in [2.45, 2.75) is 63.2 Å². The zero-order valence-corrected chi connectivity index (χ0v) is 24.2. The number of morpholine rings is 1. The Morgan fingerprint density at radius 1 is 1.05 bits per heavy atom. The Labute approximate surface area is 238 Å². The third kappa shape index (κ3) is 6.00. The molecule has 3 amide bonds. The smallest absolute Gasteiger partial charge is 0.248 e. The van der Waals surface area contributed by atoms with Crippen molar-refractivity contribution in [3.63, 3.8) is 0 Å². The fraction of sp³-hybridized carbons (Fsp3) is 0.767. The van der Waals surface area contributed by atoms with Crippen LogP contribution in [0.1, 0.15) is 45.4 Å². The minimum absolute atomic E-state index is 0.0738. The summed E-state index contributed by atoms with van der Waals surface area (Å²) in [6.07, 6.45) is 7.20. The van der Waals surface area contributed by atoms with Crippen LogP contribution in [0.4, 0.5) is 0 Å². The summed E-state index contributed by atoms with van der Waals surface area (Å²) in [5, 5.41) is 9.27. The maximum absolute atomic E-state index is 14.4. The predicted molar refractivity (Wildman–Crippen MR) is 151 cm³/mol. The Bertz CT molecular complexity index is 924. The van der Waals surface area contributed by atoms with Crippen molar-refractivity contribution in [3.8, 4) is 0 Å². The number of ether oxygens (including phenoxy) is 2. The summed E-state index contributed by atoms with van der Waals surface area (Å²) in [6.45, 7) is 15.9. The van der Waals surface area contributed by atoms with Crippen LogP contribution in [0.3, 0.4) is 0 Å². The molecule has 1 N–H and O–H groups in total. The van der Waals surface area contributed by atoms with E-state index in [1.165, 1.54) is 0 Å². The Morgan fingerprint density at radius 3 is 2.40 bits per heavy atom. The number of carbonyl (C=O) groups is 3. The lowest BCUT2D eigenvalue weighted by Crippen LogP contribution is -2.57. The first-order chi connectivity index (χ1) is 19.4. The van der Waals surface area contributed by atoms with Gasteiger partial charge in [-0.2, -0.15) is 0 Å². The van der Waals surface area contributed by atoms with Crippen LogP contribution in [-0.2, 0) is 23.9 Å². The highest BCUT2D eigenvalue weighted by Gasteiger charge is 2.74. The number of nitrogens with zero attached hydrogens (tertiary/aromatic N) is 4. The van der Waals surface area contributed by atoms with Gasteiger partial charge in [0.1, 0.15) is 11.6 Å². The highest BCUT2D eigenvalue weighted by Crippen LogP contribution is 2.59. The lowest BCUT2D eigenvalue weighted by atomic mass is 9.70. The molecule has 4 aliphatic heterocycles. The van der Waals surface area contributed by atoms with E-state index in [1.807, 2.05) is 6.92 Å². The zero-order chi connectivity index (χ0) is 28.7. The maximum atomic E-state index is 14.4. The normalized spacial score (nSPS) is 29.4. The summed E-state index contributed by atoms with van der Waals surface area (Å²) in [7, 11) is 0. The summed E-state index contributed by atoms with van der Waals surface area (Å²) < 4.78 is 12.1. The van der Waals surface area contributed by atoms with Crippen LogP contribution < -0.4 is 0 Å². The Hall–Kier alpha value is -2.27. The third-order valence-corrected chi connectivity index (χ3v) is 8.98. The molecule has 4 aliphatic rings. The van der Waals surface area contributed by atoms with Gasteiger partial charge in [-0.15, -0.1) is 13.2 Å². The van der Waals surface area contributed by atoms with Crippen molar-refractivity contribution in [3.05, 3.63) is 25.3 Å². The van der Waals surface area contributed by atoms with Crippen LogP contribution in [0.15, 0.2) is 25.3 Å². The first-order valence-electron chi connectivity index (χ1n) is 15.1. The second-order valence-corrected chi connectivity index (χ2v) is 11.5. The van der Waals surface area contributed by atoms with Gasteiger partial charge in [0.2, 0.25) is 17.7 Å². The van der Waals surface area contributed by atoms with Gasteiger partial charge in [0.05, 0.1) is 31.2 Å². The molecule has 0 aromatic carbocycles. The molecule has 4 saturated heterocycles. The average Bonchev–Trinajstić information content (AvgIpc) is 3.60. The highest BCUT2D eigenvalue weighted by molar-refractivity contribution is 5.99. The average molecular weight is 561 g/mol. The molecule has 0 aromatic rings. The molecule has 10 nitrogen and oxygen atoms in total. The Balaban J connectivity index is 1.62. The number of fused-ring (bicyclic) bond motifs is 1. The molecule has 224 valence electrons. The van der Waals surface area contributed by atoms with Gasteiger partial charge in [-0.3, -0.25) is 19.3 Å². The number of hydrogen-bond acceptors (Lipinski definition) is 7. The number of carbonyl (C=O) groups excluding carboxylic acids is 3. The van der Waals surface area contributed by atoms with E-state index >= 15 is 0 Å². The number of likely N-dealkylation sites (tertiary alicyclic amines) is 1. The predicted octanol–water partition coefficient (Wildman–Crippen LogP) is 1.30. The fourth-order valence-corrected chi connectivity index (χ4v) is 7.16. The summed E-state index contributed by atoms with van der Waals surface area (Å²) in [5.74, 6) is -1.61. The van der Waals surface area contributed by atoms with Gasteiger partial charge in [-0.25, -0.2) is 0 Å². The SMILES string of the molecule is C=CCN(CCN1CCOCC1)C(=O)C1N(CCCCCO)C(=O)[C@@H]2[C@@H](C(=O)N(CC=C)CCC)[C@H]3CCC12O3. The van der Waals surface area contributed by atoms with E-state index in [0.717, 1.165) is 25.9 Å². The molecule has 4 heterocycles. The van der Waals surface area contributed by atoms with Crippen molar-refractivity contribution >= 4 is 17.7 Å². The standard InChI is InChI=1S/C30H48N4O6/c1-4-12-32(13-5-2)27(36)24-23-10-11-30(40-23)25(24)28(37)34(15-8-7-9-20-35)26(30)29(38)33(14-6-3)17-16-31-18-21-39-22-19-31/h4,6,23-26,35H,1,3,5,7-22H2,2H3/t23-,24+,25+,26?,30?/m1/s1. The molecule has 0 saturated carbocycles. The lowest BCUT2D eigenvalue weighted by molar-refractivity contribution is -0.149. The van der Waals surface area contributed by atoms with E-state index in [0.29, 0.717) is 78.2 Å². The first-order valence-corrected chi connectivity index (χ1v) is 15.1. The molecular weight excluding hydrogens is 512 g/mol. The molecule has 2 unspecified atom stereocenters. The van der Waals surface area contributed by atoms with Crippen molar-refractivity contribution in [1.82, 2.24) is 19.6 Å². The molecule has 0 aliphatic carbocycles. The van der Waals surface area contributed by atoms with Gasteiger partial charge in [-0.05, 0) is 38.5 Å². The van der Waals surface area contributed by atoms with E-state index in [9.17, 15) is 19.5 Å². The molecule has 0 aromatic heterocycles. The summed E-state index contributed by atoms with van der Waals surface area (Å²) >= 11 is 0. The van der Waals surface area contributed by atoms with E-state index in [2.05, 4.69) is 18.1 Å². The first kappa shape index (κ1) is 30.7. The monoisotopic (exact) mass is 560 g/mol. The minimum Gasteiger partial charge on any atom is -0.396 e. The van der Waals surface area contributed by atoms with Crippen molar-refractivity contribution in [2.75, 3.05) is 72.2 Å². The molecule has 10 heteroatoms. The molecule has 0 radical (unpaired) electrons. The van der Waals surface area contributed by atoms with E-state index in [1.54, 1.807) is 26.9 Å². The molecule has 4 rings (SSSR count). The van der Waals surface area contributed by atoms with Crippen LogP contribution in [0.5, 0.6) is 0 Å². The van der Waals surface area contributed by atoms with Gasteiger partial charge < -0.3 is 29.3 Å². The molecule has 4 fully saturated rings. The van der Waals surface area contributed by atoms with E-state index in [4.69, 9.17) is 9.47 Å². The summed E-state index contributed by atoms with van der Waals surface area (Å²) in [5.41, 5.74) is -0.999. The second kappa shape index (κ2) is 14.1. The van der Waals surface area contributed by atoms with Gasteiger partial charge in [-0.1, -0.05) is 19.1 Å². The number of amides is 3. The molecule has 2 bridgehead atoms. The number of hydrogen-bond donors (Lipinski definition) is 1. The summed E-state index contributed by atoms with van der Waals surface area (Å²) in [4.78, 5) is 50.0. The Kier molecular flexibility index (Phi) is 10.8. The molecule has 1 spiro atoms. The lowest BCUT2D eigenvalue weighted by Gasteiger charge is -2.37. The van der Waals surface area contributed by atoms with E-state index in [-0.39, 0.29) is 30.4 Å². The van der Waals surface area contributed by atoms with Crippen LogP contribution in [0, 0.1) is 11.8 Å². The maximum Gasteiger partial charge on any atom is 0.248 e. The van der Waals surface area contributed by atoms with Gasteiger partial charge in [0, 0.05) is 59.0 Å². The number of aliphatic hydroxyl groups excluding tert-OH is 1.